The fraction of sp³-hybridized carbons (Fsp3) is 0.290. The van der Waals surface area contributed by atoms with Gasteiger partial charge in [0.2, 0.25) is 11.8 Å². The number of alkyl halides is 4. The number of carboxylic acid groups (broad SMARTS) is 1. The van der Waals surface area contributed by atoms with Gasteiger partial charge in [0.15, 0.2) is 11.4 Å². The lowest BCUT2D eigenvalue weighted by Gasteiger charge is -2.22. The lowest BCUT2D eigenvalue weighted by molar-refractivity contribution is -0.120. The molecule has 0 aliphatic carbocycles. The molecule has 2 amide bonds. The summed E-state index contributed by atoms with van der Waals surface area (Å²) in [5, 5.41) is 38.6. The molecule has 4 atom stereocenters. The molecule has 0 radical (unpaired) electrons. The quantitative estimate of drug-likeness (QED) is 0.0846. The number of halogens is 7. The number of carbonyl (C=O) groups is 4. The van der Waals surface area contributed by atoms with Gasteiger partial charge in [0.25, 0.3) is 11.1 Å². The van der Waals surface area contributed by atoms with Crippen LogP contribution in [-0.4, -0.2) is 113 Å². The van der Waals surface area contributed by atoms with Gasteiger partial charge in [0.05, 0.1) is 106 Å². The van der Waals surface area contributed by atoms with Crippen LogP contribution in [0.4, 0.5) is 28.9 Å². The van der Waals surface area contributed by atoms with Gasteiger partial charge in [-0.3, -0.25) is 38.3 Å². The normalized spacial score (nSPS) is 16.6. The fourth-order valence-electron chi connectivity index (χ4n) is 10.9. The number of anilines is 2. The summed E-state index contributed by atoms with van der Waals surface area (Å²) in [4.78, 5) is 95.5. The monoisotopic (exact) mass is 1360 g/mol. The van der Waals surface area contributed by atoms with Crippen molar-refractivity contribution in [3.05, 3.63) is 176 Å². The summed E-state index contributed by atoms with van der Waals surface area (Å²) in [6.07, 6.45) is 13.5. The van der Waals surface area contributed by atoms with E-state index in [4.69, 9.17) is 27.9 Å². The number of hydrogen-bond donors (Lipinski definition) is 3. The number of aromatic nitrogens is 16. The third-order valence-electron chi connectivity index (χ3n) is 15.5. The molecule has 0 spiro atoms. The average molecular weight is 1360 g/mol. The number of aromatic carboxylic acids is 1. The molecule has 10 heterocycles. The van der Waals surface area contributed by atoms with E-state index in [1.165, 1.54) is 86.5 Å². The number of nitrogens with one attached hydrogen (secondary N) is 2. The van der Waals surface area contributed by atoms with E-state index >= 15 is 0 Å². The van der Waals surface area contributed by atoms with E-state index in [1.54, 1.807) is 89.2 Å². The maximum absolute atomic E-state index is 14.0. The number of nitrogens with zero attached hydrogens (tertiary/aromatic N) is 16. The molecular weight excluding hydrogens is 1310 g/mol. The number of amides is 2. The minimum absolute atomic E-state index is 0. The molecule has 26 nitrogen and oxygen atoms in total. The Kier molecular flexibility index (Phi) is 20.0. The predicted molar refractivity (Wildman–Crippen MR) is 340 cm³/mol. The van der Waals surface area contributed by atoms with Crippen molar-refractivity contribution in [1.29, 1.82) is 0 Å². The van der Waals surface area contributed by atoms with Gasteiger partial charge in [0.1, 0.15) is 5.60 Å². The highest BCUT2D eigenvalue weighted by Crippen LogP contribution is 2.38. The van der Waals surface area contributed by atoms with Gasteiger partial charge >= 0.3 is 25.0 Å². The highest BCUT2D eigenvalue weighted by molar-refractivity contribution is 6.31. The largest absolute Gasteiger partial charge is 0.476 e. The molecule has 0 unspecified atom stereocenters. The Balaban J connectivity index is 0.000000206. The molecule has 2 aliphatic heterocycles. The van der Waals surface area contributed by atoms with Gasteiger partial charge in [0, 0.05) is 68.7 Å². The molecule has 33 heteroatoms. The molecule has 0 saturated carbocycles. The summed E-state index contributed by atoms with van der Waals surface area (Å²) in [5.74, 6) is -3.45. The number of pyridine rings is 2. The van der Waals surface area contributed by atoms with Crippen LogP contribution in [0.15, 0.2) is 132 Å². The summed E-state index contributed by atoms with van der Waals surface area (Å²) in [5.41, 5.74) is 2.24. The standard InChI is InChI=1S/C33H32ClF2N9O4.C29H24ClF2N9O4.ClH/c1-18-6-5-7-27(23-12-19(10-11-37-23)29-24(40-30(18)47)15-39-45(29)32(35)36)43-17-38-22(14-28(43)46)21-13-20(34)8-9-26(21)44-16-25(41-42-44)31(48)49-33(2,3)4;1-15-3-2-4-24(20-9-16(7-8-33-20)26-21(36-27(15)43)12-35-41(26)29(31)32)39-14-34-19(11-25(39)42)18-10-17(30)5-6-23(18)40-13-22(28(44)45)37-38-40;/h8-18,27,32H,5-7H2,1-4H3,(H,40,47);5-15,24,29H,2-4H2,1H3,(H,36,43)(H,44,45);1H/t18-,27+;15-,24+;/m11./s1. The highest BCUT2D eigenvalue weighted by Gasteiger charge is 2.30. The zero-order valence-corrected chi connectivity index (χ0v) is 53.2. The lowest BCUT2D eigenvalue weighted by Crippen LogP contribution is -2.27. The van der Waals surface area contributed by atoms with Crippen molar-refractivity contribution in [3.63, 3.8) is 0 Å². The average Bonchev–Trinajstić information content (AvgIpc) is 1.79. The summed E-state index contributed by atoms with van der Waals surface area (Å²) in [7, 11) is 0. The number of carbonyl (C=O) groups excluding carboxylic acids is 3. The van der Waals surface area contributed by atoms with Gasteiger partial charge in [-0.2, -0.15) is 27.8 Å². The van der Waals surface area contributed by atoms with Crippen LogP contribution in [0.5, 0.6) is 0 Å². The van der Waals surface area contributed by atoms with Crippen LogP contribution in [0.3, 0.4) is 0 Å². The van der Waals surface area contributed by atoms with Gasteiger partial charge < -0.3 is 20.5 Å². The summed E-state index contributed by atoms with van der Waals surface area (Å²) < 4.78 is 67.8. The van der Waals surface area contributed by atoms with Crippen molar-refractivity contribution in [2.24, 2.45) is 11.8 Å². The maximum atomic E-state index is 14.0. The van der Waals surface area contributed by atoms with E-state index in [2.05, 4.69) is 61.4 Å². The minimum atomic E-state index is -2.97. The lowest BCUT2D eigenvalue weighted by atomic mass is 9.97. The van der Waals surface area contributed by atoms with E-state index in [1.807, 2.05) is 0 Å². The molecule has 0 saturated heterocycles. The minimum Gasteiger partial charge on any atom is -0.476 e. The Bertz CT molecular complexity index is 4680. The van der Waals surface area contributed by atoms with Crippen LogP contribution in [0, 0.1) is 11.8 Å². The van der Waals surface area contributed by atoms with Crippen LogP contribution < -0.4 is 21.8 Å². The van der Waals surface area contributed by atoms with Crippen LogP contribution >= 0.6 is 35.6 Å². The zero-order chi connectivity index (χ0) is 66.9. The second-order valence-corrected chi connectivity index (χ2v) is 24.0. The first kappa shape index (κ1) is 67.6. The predicted octanol–water partition coefficient (Wildman–Crippen LogP) is 11.4. The Morgan fingerprint density at radius 3 is 1.44 bits per heavy atom. The molecule has 4 bridgehead atoms. The van der Waals surface area contributed by atoms with E-state index in [-0.39, 0.29) is 69.8 Å². The molecular formula is C62H57Cl3F4N18O8. The van der Waals surface area contributed by atoms with E-state index in [0.717, 1.165) is 0 Å². The second kappa shape index (κ2) is 28.1. The number of hydrogen-bond acceptors (Lipinski definition) is 17. The van der Waals surface area contributed by atoms with Crippen molar-refractivity contribution in [3.8, 4) is 56.4 Å². The Labute approximate surface area is 552 Å². The molecule has 492 valence electrons. The van der Waals surface area contributed by atoms with Gasteiger partial charge in [-0.05, 0) is 107 Å². The smallest absolute Gasteiger partial charge is 0.361 e. The van der Waals surface area contributed by atoms with Crippen molar-refractivity contribution in [2.75, 3.05) is 10.6 Å². The summed E-state index contributed by atoms with van der Waals surface area (Å²) >= 11 is 12.6. The zero-order valence-electron chi connectivity index (χ0n) is 50.9. The fourth-order valence-corrected chi connectivity index (χ4v) is 11.2. The molecule has 10 aromatic rings. The summed E-state index contributed by atoms with van der Waals surface area (Å²) in [6.45, 7) is 2.79. The number of ether oxygens (including phenoxy) is 1. The van der Waals surface area contributed by atoms with Gasteiger partial charge in [-0.25, -0.2) is 38.3 Å². The molecule has 2 aromatic carbocycles. The molecule has 0 fully saturated rings. The Hall–Kier alpha value is -10.3. The SMILES string of the molecule is C[C@@H]1CCC[C@H](n2cnc(-c3cc(Cl)ccc3-n3cc(C(=O)O)nn3)cc2=O)c2cc(ccn2)-c2c(cnn2C(F)F)NC1=O.C[C@@H]1CCC[C@H](n2cnc(-c3cc(Cl)ccc3-n3cc(C(=O)OC(C)(C)C)nn3)cc2=O)c2cc(ccn2)-c2c(cnn2C(F)F)NC1=O.Cl. The van der Waals surface area contributed by atoms with E-state index in [0.29, 0.717) is 103 Å². The first-order valence-corrected chi connectivity index (χ1v) is 30.0. The van der Waals surface area contributed by atoms with Gasteiger partial charge in [-0.15, -0.1) is 22.6 Å². The number of benzene rings is 2. The number of rotatable bonds is 10. The van der Waals surface area contributed by atoms with Crippen molar-refractivity contribution in [2.45, 2.75) is 104 Å². The molecule has 3 N–H and O–H groups in total. The maximum Gasteiger partial charge on any atom is 0.361 e. The van der Waals surface area contributed by atoms with Crippen LogP contribution in [-0.2, 0) is 14.3 Å². The first-order chi connectivity index (χ1) is 44.9. The van der Waals surface area contributed by atoms with Crippen LogP contribution in [0.2, 0.25) is 10.0 Å². The Morgan fingerprint density at radius 1 is 0.611 bits per heavy atom. The molecule has 95 heavy (non-hydrogen) atoms. The first-order valence-electron chi connectivity index (χ1n) is 29.2. The topological polar surface area (TPSA) is 314 Å². The van der Waals surface area contributed by atoms with Crippen LogP contribution in [0.25, 0.3) is 56.4 Å². The van der Waals surface area contributed by atoms with E-state index < -0.39 is 65.7 Å². The van der Waals surface area contributed by atoms with Crippen molar-refractivity contribution >= 4 is 70.7 Å². The van der Waals surface area contributed by atoms with E-state index in [9.17, 15) is 51.4 Å². The number of fused-ring (bicyclic) bond motifs is 8. The van der Waals surface area contributed by atoms with Crippen molar-refractivity contribution < 1.29 is 46.6 Å². The molecule has 8 aromatic heterocycles. The third-order valence-corrected chi connectivity index (χ3v) is 16.0. The highest BCUT2D eigenvalue weighted by atomic mass is 35.5. The third kappa shape index (κ3) is 14.7. The number of carboxylic acids is 1. The Morgan fingerprint density at radius 2 is 1.04 bits per heavy atom. The number of esters is 1. The second-order valence-electron chi connectivity index (χ2n) is 23.1. The van der Waals surface area contributed by atoms with Crippen molar-refractivity contribution in [1.82, 2.24) is 78.6 Å². The van der Waals surface area contributed by atoms with Crippen LogP contribution in [0.1, 0.15) is 131 Å². The molecule has 12 rings (SSSR count). The summed E-state index contributed by atoms with van der Waals surface area (Å²) in [6, 6.07) is 17.3. The van der Waals surface area contributed by atoms with Gasteiger partial charge in [-0.1, -0.05) is 60.3 Å². The molecule has 2 aliphatic rings.